The Balaban J connectivity index is 1.36. The molecular weight excluding hydrogens is 504 g/mol. The van der Waals surface area contributed by atoms with E-state index in [0.29, 0.717) is 39.6 Å². The second-order valence-corrected chi connectivity index (χ2v) is 10.1. The molecule has 1 aliphatic rings. The maximum Gasteiger partial charge on any atom is 0.326 e. The van der Waals surface area contributed by atoms with Crippen LogP contribution in [-0.4, -0.2) is 33.5 Å². The highest BCUT2D eigenvalue weighted by Gasteiger charge is 2.32. The molecular formula is C25H21ClN4O3S2. The number of para-hydroxylation sites is 2. The van der Waals surface area contributed by atoms with E-state index in [-0.39, 0.29) is 11.6 Å². The number of hydrogen-bond donors (Lipinski definition) is 1. The number of aliphatic imine (C=N–C) groups is 1. The first-order chi connectivity index (χ1) is 17.0. The standard InChI is InChI=1S/C25H21ClN4O3S2/c1-33-22-10-9-16(14-18(22)26)30-23(31)20(15-17-6-4-12-34-17)28-25(30)35-13-5-11-29-21-8-3-2-7-19(21)27-24(29)32/h2-4,6-10,12,14-15H,5,11,13H2,1H3,(H,27,32)/b20-15+. The van der Waals surface area contributed by atoms with E-state index in [2.05, 4.69) is 9.98 Å². The minimum Gasteiger partial charge on any atom is -0.495 e. The second-order valence-electron chi connectivity index (χ2n) is 7.70. The van der Waals surface area contributed by atoms with Crippen LogP contribution in [0.4, 0.5) is 5.69 Å². The number of amidine groups is 1. The monoisotopic (exact) mass is 524 g/mol. The van der Waals surface area contributed by atoms with Crippen molar-refractivity contribution in [1.29, 1.82) is 0 Å². The van der Waals surface area contributed by atoms with Gasteiger partial charge in [-0.1, -0.05) is 41.6 Å². The second kappa shape index (κ2) is 10.2. The number of anilines is 1. The summed E-state index contributed by atoms with van der Waals surface area (Å²) in [5, 5.41) is 2.95. The minimum atomic E-state index is -0.213. The van der Waals surface area contributed by atoms with Crippen LogP contribution in [0.25, 0.3) is 17.1 Å². The van der Waals surface area contributed by atoms with Gasteiger partial charge in [0.1, 0.15) is 11.4 Å². The molecule has 0 unspecified atom stereocenters. The number of thiophene rings is 1. The number of rotatable bonds is 7. The van der Waals surface area contributed by atoms with Gasteiger partial charge in [0.05, 0.1) is 28.9 Å². The van der Waals surface area contributed by atoms with Crippen LogP contribution in [0.3, 0.4) is 0 Å². The van der Waals surface area contributed by atoms with Crippen LogP contribution in [-0.2, 0) is 11.3 Å². The van der Waals surface area contributed by atoms with E-state index >= 15 is 0 Å². The highest BCUT2D eigenvalue weighted by molar-refractivity contribution is 8.14. The van der Waals surface area contributed by atoms with E-state index in [1.54, 1.807) is 52.2 Å². The molecule has 0 bridgehead atoms. The zero-order valence-electron chi connectivity index (χ0n) is 18.7. The number of ether oxygens (including phenoxy) is 1. The number of aromatic nitrogens is 2. The Morgan fingerprint density at radius 1 is 1.17 bits per heavy atom. The largest absolute Gasteiger partial charge is 0.495 e. The lowest BCUT2D eigenvalue weighted by molar-refractivity contribution is -0.113. The van der Waals surface area contributed by atoms with E-state index in [1.165, 1.54) is 11.8 Å². The van der Waals surface area contributed by atoms with Gasteiger partial charge in [-0.15, -0.1) is 11.3 Å². The van der Waals surface area contributed by atoms with Crippen molar-refractivity contribution in [2.24, 2.45) is 4.99 Å². The van der Waals surface area contributed by atoms with Gasteiger partial charge in [0, 0.05) is 17.2 Å². The molecule has 178 valence electrons. The third kappa shape index (κ3) is 4.80. The van der Waals surface area contributed by atoms with Crippen LogP contribution in [0.1, 0.15) is 11.3 Å². The summed E-state index contributed by atoms with van der Waals surface area (Å²) in [5.74, 6) is 0.992. The Bertz CT molecular complexity index is 1500. The van der Waals surface area contributed by atoms with Gasteiger partial charge in [-0.25, -0.2) is 9.79 Å². The molecule has 4 aromatic rings. The molecule has 2 aromatic carbocycles. The first kappa shape index (κ1) is 23.5. The van der Waals surface area contributed by atoms with E-state index in [1.807, 2.05) is 41.8 Å². The van der Waals surface area contributed by atoms with Gasteiger partial charge < -0.3 is 9.72 Å². The Morgan fingerprint density at radius 3 is 2.80 bits per heavy atom. The summed E-state index contributed by atoms with van der Waals surface area (Å²) in [6, 6.07) is 16.7. The number of amides is 1. The van der Waals surface area contributed by atoms with Gasteiger partial charge in [0.2, 0.25) is 0 Å². The fourth-order valence-electron chi connectivity index (χ4n) is 3.84. The van der Waals surface area contributed by atoms with E-state index in [0.717, 1.165) is 22.3 Å². The molecule has 0 saturated carbocycles. The topological polar surface area (TPSA) is 79.7 Å². The van der Waals surface area contributed by atoms with Crippen LogP contribution in [0.5, 0.6) is 5.75 Å². The summed E-state index contributed by atoms with van der Waals surface area (Å²) >= 11 is 9.36. The van der Waals surface area contributed by atoms with Crippen LogP contribution in [0.15, 0.2) is 75.5 Å². The van der Waals surface area contributed by atoms with Crippen molar-refractivity contribution < 1.29 is 9.53 Å². The quantitative estimate of drug-likeness (QED) is 0.251. The first-order valence-corrected chi connectivity index (χ1v) is 13.1. The molecule has 5 rings (SSSR count). The Kier molecular flexibility index (Phi) is 6.81. The molecule has 0 spiro atoms. The third-order valence-corrected chi connectivity index (χ3v) is 7.62. The van der Waals surface area contributed by atoms with E-state index in [4.69, 9.17) is 16.3 Å². The number of aryl methyl sites for hydroxylation is 1. The van der Waals surface area contributed by atoms with Crippen molar-refractivity contribution in [1.82, 2.24) is 9.55 Å². The summed E-state index contributed by atoms with van der Waals surface area (Å²) < 4.78 is 6.99. The SMILES string of the molecule is COc1ccc(N2C(=O)/C(=C\c3cccs3)N=C2SCCCn2c(=O)[nH]c3ccccc32)cc1Cl. The van der Waals surface area contributed by atoms with Crippen molar-refractivity contribution in [3.63, 3.8) is 0 Å². The normalized spacial score (nSPS) is 14.8. The molecule has 0 fully saturated rings. The van der Waals surface area contributed by atoms with Gasteiger partial charge in [0.15, 0.2) is 5.17 Å². The molecule has 10 heteroatoms. The Hall–Kier alpha value is -3.27. The smallest absolute Gasteiger partial charge is 0.326 e. The highest BCUT2D eigenvalue weighted by Crippen LogP contribution is 2.34. The molecule has 7 nitrogen and oxygen atoms in total. The third-order valence-electron chi connectivity index (χ3n) is 5.48. The Morgan fingerprint density at radius 2 is 2.03 bits per heavy atom. The number of halogens is 1. The van der Waals surface area contributed by atoms with Crippen LogP contribution in [0.2, 0.25) is 5.02 Å². The number of benzene rings is 2. The fourth-order valence-corrected chi connectivity index (χ4v) is 5.68. The highest BCUT2D eigenvalue weighted by atomic mass is 35.5. The number of methoxy groups -OCH3 is 1. The number of nitrogens with zero attached hydrogens (tertiary/aromatic N) is 3. The summed E-state index contributed by atoms with van der Waals surface area (Å²) in [7, 11) is 1.55. The molecule has 0 radical (unpaired) electrons. The van der Waals surface area contributed by atoms with Crippen molar-refractivity contribution in [2.45, 2.75) is 13.0 Å². The molecule has 0 saturated heterocycles. The lowest BCUT2D eigenvalue weighted by atomic mass is 10.2. The molecule has 0 atom stereocenters. The van der Waals surface area contributed by atoms with E-state index < -0.39 is 0 Å². The van der Waals surface area contributed by atoms with Crippen molar-refractivity contribution in [3.8, 4) is 5.75 Å². The van der Waals surface area contributed by atoms with Crippen LogP contribution < -0.4 is 15.3 Å². The number of fused-ring (bicyclic) bond motifs is 1. The van der Waals surface area contributed by atoms with Gasteiger partial charge in [-0.05, 0) is 54.3 Å². The molecule has 3 heterocycles. The number of carbonyl (C=O) groups is 1. The van der Waals surface area contributed by atoms with Gasteiger partial charge in [-0.3, -0.25) is 14.3 Å². The van der Waals surface area contributed by atoms with Crippen molar-refractivity contribution >= 4 is 68.6 Å². The average molecular weight is 525 g/mol. The summed E-state index contributed by atoms with van der Waals surface area (Å²) in [4.78, 5) is 35.7. The molecule has 1 amide bonds. The summed E-state index contributed by atoms with van der Waals surface area (Å²) in [6.07, 6.45) is 2.52. The minimum absolute atomic E-state index is 0.125. The number of carbonyl (C=O) groups excluding carboxylic acids is 1. The average Bonchev–Trinajstić information content (AvgIpc) is 3.55. The zero-order valence-corrected chi connectivity index (χ0v) is 21.1. The van der Waals surface area contributed by atoms with Gasteiger partial charge in [-0.2, -0.15) is 0 Å². The lowest BCUT2D eigenvalue weighted by Crippen LogP contribution is -2.30. The predicted molar refractivity (Wildman–Crippen MR) is 145 cm³/mol. The number of hydrogen-bond acceptors (Lipinski definition) is 6. The molecule has 2 aromatic heterocycles. The zero-order chi connectivity index (χ0) is 24.4. The Labute approximate surface area is 214 Å². The number of nitrogens with one attached hydrogen (secondary N) is 1. The van der Waals surface area contributed by atoms with Crippen LogP contribution >= 0.6 is 34.7 Å². The number of aromatic amines is 1. The maximum absolute atomic E-state index is 13.3. The molecule has 35 heavy (non-hydrogen) atoms. The van der Waals surface area contributed by atoms with E-state index in [9.17, 15) is 9.59 Å². The first-order valence-electron chi connectivity index (χ1n) is 10.9. The molecule has 1 aliphatic heterocycles. The predicted octanol–water partition coefficient (Wildman–Crippen LogP) is 5.62. The number of H-pyrrole nitrogens is 1. The number of thioether (sulfide) groups is 1. The van der Waals surface area contributed by atoms with Crippen LogP contribution in [0, 0.1) is 0 Å². The maximum atomic E-state index is 13.3. The van der Waals surface area contributed by atoms with Crippen molar-refractivity contribution in [3.05, 3.63) is 86.1 Å². The number of imidazole rings is 1. The van der Waals surface area contributed by atoms with Gasteiger partial charge in [0.25, 0.3) is 5.91 Å². The summed E-state index contributed by atoms with van der Waals surface area (Å²) in [6.45, 7) is 0.559. The lowest BCUT2D eigenvalue weighted by Gasteiger charge is -2.18. The van der Waals surface area contributed by atoms with Crippen molar-refractivity contribution in [2.75, 3.05) is 17.8 Å². The van der Waals surface area contributed by atoms with Gasteiger partial charge >= 0.3 is 5.69 Å². The fraction of sp³-hybridized carbons (Fsp3) is 0.160. The molecule has 1 N–H and O–H groups in total. The molecule has 0 aliphatic carbocycles. The summed E-state index contributed by atoms with van der Waals surface area (Å²) in [5.41, 5.74) is 2.57.